The molecule has 1 heterocycles. The summed E-state index contributed by atoms with van der Waals surface area (Å²) in [6.45, 7) is 5.02. The minimum atomic E-state index is -0.135. The molecule has 1 aliphatic rings. The van der Waals surface area contributed by atoms with Gasteiger partial charge in [0.2, 0.25) is 0 Å². The number of hydrogen-bond acceptors (Lipinski definition) is 4. The molecule has 0 amide bonds. The number of methoxy groups -OCH3 is 3. The zero-order valence-corrected chi connectivity index (χ0v) is 10.3. The fraction of sp³-hybridized carbons (Fsp3) is 1.00. The minimum Gasteiger partial charge on any atom is -0.377 e. The lowest BCUT2D eigenvalue weighted by Crippen LogP contribution is -2.49. The van der Waals surface area contributed by atoms with Crippen LogP contribution in [0.2, 0.25) is 0 Å². The molecular weight excluding hydrogens is 194 g/mol. The standard InChI is InChI=1S/C11H23NO3/c1-11(15-4)6-5-7-12(9-11)8-10(13-2)14-3/h10H,5-9H2,1-4H3. The van der Waals surface area contributed by atoms with E-state index in [0.717, 1.165) is 26.1 Å². The molecule has 1 aliphatic heterocycles. The predicted octanol–water partition coefficient (Wildman–Crippen LogP) is 1.11. The van der Waals surface area contributed by atoms with Crippen molar-refractivity contribution in [1.29, 1.82) is 0 Å². The maximum atomic E-state index is 5.53. The molecule has 1 unspecified atom stereocenters. The monoisotopic (exact) mass is 217 g/mol. The number of ether oxygens (including phenoxy) is 3. The highest BCUT2D eigenvalue weighted by Gasteiger charge is 2.31. The molecule has 0 aliphatic carbocycles. The highest BCUT2D eigenvalue weighted by atomic mass is 16.7. The Bertz CT molecular complexity index is 185. The van der Waals surface area contributed by atoms with Gasteiger partial charge in [-0.15, -0.1) is 0 Å². The van der Waals surface area contributed by atoms with E-state index in [9.17, 15) is 0 Å². The van der Waals surface area contributed by atoms with E-state index in [2.05, 4.69) is 11.8 Å². The van der Waals surface area contributed by atoms with Gasteiger partial charge in [0.05, 0.1) is 5.60 Å². The van der Waals surface area contributed by atoms with Crippen LogP contribution < -0.4 is 0 Å². The summed E-state index contributed by atoms with van der Waals surface area (Å²) in [7, 11) is 5.13. The van der Waals surface area contributed by atoms with Crippen molar-refractivity contribution in [2.75, 3.05) is 41.0 Å². The van der Waals surface area contributed by atoms with E-state index in [4.69, 9.17) is 14.2 Å². The highest BCUT2D eigenvalue weighted by Crippen LogP contribution is 2.23. The van der Waals surface area contributed by atoms with Crippen LogP contribution in [0.15, 0.2) is 0 Å². The van der Waals surface area contributed by atoms with E-state index in [1.165, 1.54) is 6.42 Å². The first kappa shape index (κ1) is 12.9. The van der Waals surface area contributed by atoms with Gasteiger partial charge in [-0.05, 0) is 26.3 Å². The van der Waals surface area contributed by atoms with Gasteiger partial charge in [-0.3, -0.25) is 4.90 Å². The summed E-state index contributed by atoms with van der Waals surface area (Å²) in [5, 5.41) is 0. The molecule has 0 aromatic heterocycles. The molecule has 1 saturated heterocycles. The topological polar surface area (TPSA) is 30.9 Å². The van der Waals surface area contributed by atoms with E-state index >= 15 is 0 Å². The number of rotatable bonds is 5. The highest BCUT2D eigenvalue weighted by molar-refractivity contribution is 4.84. The van der Waals surface area contributed by atoms with E-state index in [-0.39, 0.29) is 11.9 Å². The van der Waals surface area contributed by atoms with Gasteiger partial charge in [0.1, 0.15) is 0 Å². The second-order valence-electron chi connectivity index (χ2n) is 4.39. The quantitative estimate of drug-likeness (QED) is 0.645. The number of hydrogen-bond donors (Lipinski definition) is 0. The third-order valence-electron chi connectivity index (χ3n) is 3.16. The van der Waals surface area contributed by atoms with E-state index in [1.807, 2.05) is 0 Å². The maximum absolute atomic E-state index is 5.53. The maximum Gasteiger partial charge on any atom is 0.169 e. The molecular formula is C11H23NO3. The summed E-state index contributed by atoms with van der Waals surface area (Å²) < 4.78 is 15.9. The van der Waals surface area contributed by atoms with Crippen LogP contribution in [0.5, 0.6) is 0 Å². The number of piperidine rings is 1. The van der Waals surface area contributed by atoms with Crippen LogP contribution in [0.3, 0.4) is 0 Å². The van der Waals surface area contributed by atoms with Gasteiger partial charge in [0.25, 0.3) is 0 Å². The zero-order chi connectivity index (χ0) is 11.3. The molecule has 15 heavy (non-hydrogen) atoms. The summed E-state index contributed by atoms with van der Waals surface area (Å²) in [6.07, 6.45) is 2.17. The molecule has 1 rings (SSSR count). The lowest BCUT2D eigenvalue weighted by molar-refractivity contribution is -0.131. The number of nitrogens with zero attached hydrogens (tertiary/aromatic N) is 1. The Kier molecular flexibility index (Phi) is 4.99. The van der Waals surface area contributed by atoms with Crippen LogP contribution in [-0.2, 0) is 14.2 Å². The third-order valence-corrected chi connectivity index (χ3v) is 3.16. The molecule has 0 saturated carbocycles. The summed E-state index contributed by atoms with van der Waals surface area (Å²) in [6, 6.07) is 0. The molecule has 0 bridgehead atoms. The van der Waals surface area contributed by atoms with Crippen molar-refractivity contribution in [1.82, 2.24) is 4.90 Å². The Hall–Kier alpha value is -0.160. The van der Waals surface area contributed by atoms with Crippen LogP contribution in [0.25, 0.3) is 0 Å². The van der Waals surface area contributed by atoms with Crippen molar-refractivity contribution < 1.29 is 14.2 Å². The summed E-state index contributed by atoms with van der Waals surface area (Å²) >= 11 is 0. The van der Waals surface area contributed by atoms with Gasteiger partial charge >= 0.3 is 0 Å². The number of likely N-dealkylation sites (tertiary alicyclic amines) is 1. The molecule has 90 valence electrons. The van der Waals surface area contributed by atoms with Crippen molar-refractivity contribution in [2.45, 2.75) is 31.7 Å². The molecule has 0 spiro atoms. The van der Waals surface area contributed by atoms with Crippen LogP contribution in [-0.4, -0.2) is 57.8 Å². The molecule has 1 atom stereocenters. The van der Waals surface area contributed by atoms with Crippen molar-refractivity contribution in [2.24, 2.45) is 0 Å². The first-order chi connectivity index (χ1) is 7.13. The van der Waals surface area contributed by atoms with Gasteiger partial charge < -0.3 is 14.2 Å². The van der Waals surface area contributed by atoms with Crippen LogP contribution in [0.1, 0.15) is 19.8 Å². The van der Waals surface area contributed by atoms with Crippen LogP contribution in [0, 0.1) is 0 Å². The fourth-order valence-electron chi connectivity index (χ4n) is 2.09. The molecule has 0 aromatic carbocycles. The average molecular weight is 217 g/mol. The normalized spacial score (nSPS) is 28.6. The zero-order valence-electron chi connectivity index (χ0n) is 10.3. The molecule has 4 heteroatoms. The molecule has 4 nitrogen and oxygen atoms in total. The Morgan fingerprint density at radius 1 is 1.27 bits per heavy atom. The van der Waals surface area contributed by atoms with Crippen molar-refractivity contribution in [3.63, 3.8) is 0 Å². The average Bonchev–Trinajstić information content (AvgIpc) is 2.26. The van der Waals surface area contributed by atoms with Crippen LogP contribution in [0.4, 0.5) is 0 Å². The second-order valence-corrected chi connectivity index (χ2v) is 4.39. The Morgan fingerprint density at radius 3 is 2.47 bits per heavy atom. The predicted molar refractivity (Wildman–Crippen MR) is 58.9 cm³/mol. The first-order valence-electron chi connectivity index (χ1n) is 5.46. The van der Waals surface area contributed by atoms with Crippen molar-refractivity contribution in [3.05, 3.63) is 0 Å². The fourth-order valence-corrected chi connectivity index (χ4v) is 2.09. The largest absolute Gasteiger partial charge is 0.377 e. The van der Waals surface area contributed by atoms with Gasteiger partial charge in [-0.2, -0.15) is 0 Å². The molecule has 1 fully saturated rings. The van der Waals surface area contributed by atoms with E-state index in [1.54, 1.807) is 21.3 Å². The minimum absolute atomic E-state index is 0.00964. The van der Waals surface area contributed by atoms with Crippen LogP contribution >= 0.6 is 0 Å². The molecule has 0 aromatic rings. The molecule has 0 radical (unpaired) electrons. The SMILES string of the molecule is COC(CN1CCCC(C)(OC)C1)OC. The first-order valence-corrected chi connectivity index (χ1v) is 5.46. The Morgan fingerprint density at radius 2 is 1.93 bits per heavy atom. The van der Waals surface area contributed by atoms with Crippen molar-refractivity contribution in [3.8, 4) is 0 Å². The van der Waals surface area contributed by atoms with E-state index in [0.29, 0.717) is 0 Å². The second kappa shape index (κ2) is 5.80. The lowest BCUT2D eigenvalue weighted by Gasteiger charge is -2.40. The van der Waals surface area contributed by atoms with Crippen molar-refractivity contribution >= 4 is 0 Å². The summed E-state index contributed by atoms with van der Waals surface area (Å²) in [5.74, 6) is 0. The summed E-state index contributed by atoms with van der Waals surface area (Å²) in [4.78, 5) is 2.34. The summed E-state index contributed by atoms with van der Waals surface area (Å²) in [5.41, 5.74) is -0.00964. The third kappa shape index (κ3) is 3.72. The lowest BCUT2D eigenvalue weighted by atomic mass is 9.95. The molecule has 0 N–H and O–H groups in total. The Balaban J connectivity index is 2.42. The van der Waals surface area contributed by atoms with Gasteiger partial charge in [-0.1, -0.05) is 0 Å². The van der Waals surface area contributed by atoms with Gasteiger partial charge in [-0.25, -0.2) is 0 Å². The smallest absolute Gasteiger partial charge is 0.169 e. The Labute approximate surface area is 92.5 Å². The van der Waals surface area contributed by atoms with Gasteiger partial charge in [0, 0.05) is 34.4 Å². The van der Waals surface area contributed by atoms with Gasteiger partial charge in [0.15, 0.2) is 6.29 Å². The van der Waals surface area contributed by atoms with E-state index < -0.39 is 0 Å².